The van der Waals surface area contributed by atoms with Crippen LogP contribution in [-0.2, 0) is 23.1 Å². The maximum atomic E-state index is 12.8. The molecule has 1 saturated heterocycles. The number of nitrogens with one attached hydrogen (secondary N) is 1. The van der Waals surface area contributed by atoms with Crippen molar-refractivity contribution in [1.82, 2.24) is 15.2 Å². The van der Waals surface area contributed by atoms with Crippen molar-refractivity contribution in [2.24, 2.45) is 0 Å². The fourth-order valence-corrected chi connectivity index (χ4v) is 2.70. The first-order valence-electron chi connectivity index (χ1n) is 7.43. The van der Waals surface area contributed by atoms with Gasteiger partial charge in [0.1, 0.15) is 0 Å². The molecular formula is C17H14F3N3O2. The van der Waals surface area contributed by atoms with E-state index in [1.807, 2.05) is 0 Å². The third kappa shape index (κ3) is 3.07. The highest BCUT2D eigenvalue weighted by molar-refractivity contribution is 6.06. The molecule has 0 radical (unpaired) electrons. The number of halogens is 3. The van der Waals surface area contributed by atoms with Gasteiger partial charge < -0.3 is 5.32 Å². The molecule has 0 saturated carbocycles. The van der Waals surface area contributed by atoms with Crippen LogP contribution in [0.2, 0.25) is 0 Å². The zero-order valence-corrected chi connectivity index (χ0v) is 13.2. The van der Waals surface area contributed by atoms with E-state index in [0.29, 0.717) is 5.69 Å². The van der Waals surface area contributed by atoms with Crippen molar-refractivity contribution in [1.29, 1.82) is 0 Å². The van der Waals surface area contributed by atoms with E-state index < -0.39 is 29.2 Å². The van der Waals surface area contributed by atoms with Crippen molar-refractivity contribution in [3.63, 3.8) is 0 Å². The molecule has 2 heterocycles. The van der Waals surface area contributed by atoms with E-state index in [2.05, 4.69) is 10.3 Å². The van der Waals surface area contributed by atoms with Crippen molar-refractivity contribution in [3.8, 4) is 0 Å². The topological polar surface area (TPSA) is 62.3 Å². The molecule has 5 nitrogen and oxygen atoms in total. The molecule has 1 aliphatic rings. The molecule has 0 unspecified atom stereocenters. The maximum absolute atomic E-state index is 12.8. The fourth-order valence-electron chi connectivity index (χ4n) is 2.70. The summed E-state index contributed by atoms with van der Waals surface area (Å²) in [5.74, 6) is -0.561. The van der Waals surface area contributed by atoms with Crippen molar-refractivity contribution in [2.45, 2.75) is 25.2 Å². The van der Waals surface area contributed by atoms with Crippen molar-refractivity contribution < 1.29 is 22.8 Å². The molecular weight excluding hydrogens is 335 g/mol. The highest BCUT2D eigenvalue weighted by Crippen LogP contribution is 2.31. The van der Waals surface area contributed by atoms with E-state index in [1.54, 1.807) is 18.2 Å². The number of benzene rings is 1. The van der Waals surface area contributed by atoms with E-state index in [9.17, 15) is 22.8 Å². The summed E-state index contributed by atoms with van der Waals surface area (Å²) in [6.07, 6.45) is -2.99. The molecule has 1 aromatic heterocycles. The Hall–Kier alpha value is -2.90. The predicted octanol–water partition coefficient (Wildman–Crippen LogP) is 3.07. The normalized spacial score (nSPS) is 20.7. The minimum Gasteiger partial charge on any atom is -0.318 e. The lowest BCUT2D eigenvalue weighted by Gasteiger charge is -2.21. The number of hydrogen-bond donors (Lipinski definition) is 1. The summed E-state index contributed by atoms with van der Waals surface area (Å²) in [5.41, 5.74) is -1.60. The second kappa shape index (κ2) is 5.87. The van der Waals surface area contributed by atoms with Crippen LogP contribution in [0.5, 0.6) is 0 Å². The molecule has 3 amide bonds. The zero-order valence-electron chi connectivity index (χ0n) is 13.2. The molecule has 0 spiro atoms. The smallest absolute Gasteiger partial charge is 0.318 e. The van der Waals surface area contributed by atoms with Crippen LogP contribution in [0.15, 0.2) is 48.7 Å². The second-order valence-corrected chi connectivity index (χ2v) is 5.86. The van der Waals surface area contributed by atoms with Crippen LogP contribution >= 0.6 is 0 Å². The number of alkyl halides is 3. The first-order valence-corrected chi connectivity index (χ1v) is 7.43. The van der Waals surface area contributed by atoms with Crippen molar-refractivity contribution >= 4 is 11.9 Å². The van der Waals surface area contributed by atoms with Gasteiger partial charge in [0.2, 0.25) is 0 Å². The molecule has 2 aromatic rings. The average molecular weight is 349 g/mol. The molecule has 1 aromatic carbocycles. The Labute approximate surface area is 141 Å². The number of carbonyl (C=O) groups is 2. The van der Waals surface area contributed by atoms with E-state index in [4.69, 9.17) is 0 Å². The summed E-state index contributed by atoms with van der Waals surface area (Å²) in [7, 11) is 0. The number of carbonyl (C=O) groups excluding carboxylic acids is 2. The first-order chi connectivity index (χ1) is 11.7. The Morgan fingerprint density at radius 3 is 2.56 bits per heavy atom. The highest BCUT2D eigenvalue weighted by atomic mass is 19.4. The quantitative estimate of drug-likeness (QED) is 0.867. The van der Waals surface area contributed by atoms with E-state index in [1.165, 1.54) is 25.3 Å². The summed E-state index contributed by atoms with van der Waals surface area (Å²) in [6.45, 7) is 1.26. The average Bonchev–Trinajstić information content (AvgIpc) is 2.80. The number of pyridine rings is 1. The van der Waals surface area contributed by atoms with Gasteiger partial charge in [0, 0.05) is 6.20 Å². The van der Waals surface area contributed by atoms with Crippen LogP contribution in [0, 0.1) is 0 Å². The molecule has 8 heteroatoms. The van der Waals surface area contributed by atoms with E-state index in [0.717, 1.165) is 17.0 Å². The number of amides is 3. The Balaban J connectivity index is 1.87. The van der Waals surface area contributed by atoms with Crippen molar-refractivity contribution in [3.05, 3.63) is 65.5 Å². The summed E-state index contributed by atoms with van der Waals surface area (Å²) >= 11 is 0. The lowest BCUT2D eigenvalue weighted by Crippen LogP contribution is -2.41. The van der Waals surface area contributed by atoms with Crippen LogP contribution in [-0.4, -0.2) is 21.8 Å². The van der Waals surface area contributed by atoms with Gasteiger partial charge in [-0.3, -0.25) is 14.7 Å². The lowest BCUT2D eigenvalue weighted by molar-refractivity contribution is -0.137. The molecule has 3 rings (SSSR count). The SMILES string of the molecule is C[C@@]1(c2ccccn2)NC(=O)N(Cc2cccc(C(F)(F)F)c2)C1=O. The van der Waals surface area contributed by atoms with Gasteiger partial charge in [0.25, 0.3) is 5.91 Å². The molecule has 1 atom stereocenters. The van der Waals surface area contributed by atoms with Gasteiger partial charge in [-0.15, -0.1) is 0 Å². The molecule has 130 valence electrons. The number of nitrogens with zero attached hydrogens (tertiary/aromatic N) is 2. The molecule has 1 aliphatic heterocycles. The number of hydrogen-bond acceptors (Lipinski definition) is 3. The second-order valence-electron chi connectivity index (χ2n) is 5.86. The number of imide groups is 1. The van der Waals surface area contributed by atoms with E-state index >= 15 is 0 Å². The number of rotatable bonds is 3. The predicted molar refractivity (Wildman–Crippen MR) is 82.1 cm³/mol. The third-order valence-corrected chi connectivity index (χ3v) is 4.05. The van der Waals surface area contributed by atoms with Crippen LogP contribution in [0.1, 0.15) is 23.7 Å². The van der Waals surface area contributed by atoms with Crippen LogP contribution in [0.3, 0.4) is 0 Å². The standard InChI is InChI=1S/C17H14F3N3O2/c1-16(13-7-2-3-8-21-13)14(24)23(15(25)22-16)10-11-5-4-6-12(9-11)17(18,19)20/h2-9H,10H2,1H3,(H,22,25)/t16-/m0/s1. The highest BCUT2D eigenvalue weighted by Gasteiger charge is 2.49. The number of urea groups is 1. The maximum Gasteiger partial charge on any atom is 0.416 e. The Morgan fingerprint density at radius 2 is 1.92 bits per heavy atom. The van der Waals surface area contributed by atoms with E-state index in [-0.39, 0.29) is 12.1 Å². The summed E-state index contributed by atoms with van der Waals surface area (Å²) in [6, 6.07) is 8.84. The van der Waals surface area contributed by atoms with Gasteiger partial charge in [-0.25, -0.2) is 4.79 Å². The van der Waals surface area contributed by atoms with Crippen LogP contribution in [0.25, 0.3) is 0 Å². The third-order valence-electron chi connectivity index (χ3n) is 4.05. The monoisotopic (exact) mass is 349 g/mol. The number of aromatic nitrogens is 1. The largest absolute Gasteiger partial charge is 0.416 e. The lowest BCUT2D eigenvalue weighted by atomic mass is 9.97. The van der Waals surface area contributed by atoms with Crippen molar-refractivity contribution in [2.75, 3.05) is 0 Å². The summed E-state index contributed by atoms with van der Waals surface area (Å²) in [4.78, 5) is 29.9. The van der Waals surface area contributed by atoms with Gasteiger partial charge in [-0.05, 0) is 36.8 Å². The minimum absolute atomic E-state index is 0.212. The summed E-state index contributed by atoms with van der Waals surface area (Å²) in [5, 5.41) is 2.56. The van der Waals surface area contributed by atoms with Gasteiger partial charge >= 0.3 is 12.2 Å². The van der Waals surface area contributed by atoms with Gasteiger partial charge in [-0.1, -0.05) is 18.2 Å². The molecule has 0 aliphatic carbocycles. The van der Waals surface area contributed by atoms with Gasteiger partial charge in [0.15, 0.2) is 5.54 Å². The zero-order chi connectivity index (χ0) is 18.2. The molecule has 25 heavy (non-hydrogen) atoms. The fraction of sp³-hybridized carbons (Fsp3) is 0.235. The first kappa shape index (κ1) is 16.9. The van der Waals surface area contributed by atoms with Crippen LogP contribution in [0.4, 0.5) is 18.0 Å². The Bertz CT molecular complexity index is 823. The Morgan fingerprint density at radius 1 is 1.16 bits per heavy atom. The molecule has 1 fully saturated rings. The Kier molecular flexibility index (Phi) is 3.98. The minimum atomic E-state index is -4.49. The van der Waals surface area contributed by atoms with Gasteiger partial charge in [-0.2, -0.15) is 13.2 Å². The molecule has 0 bridgehead atoms. The molecule has 1 N–H and O–H groups in total. The van der Waals surface area contributed by atoms with Crippen LogP contribution < -0.4 is 5.32 Å². The van der Waals surface area contributed by atoms with Gasteiger partial charge in [0.05, 0.1) is 17.8 Å². The summed E-state index contributed by atoms with van der Waals surface area (Å²) < 4.78 is 38.4.